The van der Waals surface area contributed by atoms with Crippen molar-refractivity contribution in [3.8, 4) is 17.9 Å². The van der Waals surface area contributed by atoms with Crippen molar-refractivity contribution in [1.29, 1.82) is 5.26 Å². The van der Waals surface area contributed by atoms with Gasteiger partial charge in [0.15, 0.2) is 5.82 Å². The number of nitriles is 1. The Labute approximate surface area is 223 Å². The summed E-state index contributed by atoms with van der Waals surface area (Å²) in [6.07, 6.45) is 4.36. The summed E-state index contributed by atoms with van der Waals surface area (Å²) in [5.41, 5.74) is 0.733. The van der Waals surface area contributed by atoms with Gasteiger partial charge in [0.25, 0.3) is 0 Å². The van der Waals surface area contributed by atoms with Gasteiger partial charge in [-0.3, -0.25) is 4.79 Å². The number of ether oxygens (including phenoxy) is 2. The molecule has 194 valence electrons. The maximum atomic E-state index is 11.7. The van der Waals surface area contributed by atoms with Gasteiger partial charge in [-0.2, -0.15) is 10.4 Å². The van der Waals surface area contributed by atoms with E-state index in [1.807, 2.05) is 32.9 Å². The first-order valence-corrected chi connectivity index (χ1v) is 16.6. The Kier molecular flexibility index (Phi) is 11.2. The minimum absolute atomic E-state index is 0.172. The number of esters is 1. The fourth-order valence-electron chi connectivity index (χ4n) is 2.98. The van der Waals surface area contributed by atoms with E-state index in [2.05, 4.69) is 68.9 Å². The number of halogens is 1. The predicted molar refractivity (Wildman–Crippen MR) is 147 cm³/mol. The Morgan fingerprint density at radius 2 is 2.00 bits per heavy atom. The molecule has 1 N–H and O–H groups in total. The monoisotopic (exact) mass is 573 g/mol. The van der Waals surface area contributed by atoms with E-state index in [4.69, 9.17) is 9.47 Å². The van der Waals surface area contributed by atoms with Crippen LogP contribution in [0.2, 0.25) is 25.7 Å². The molecule has 0 amide bonds. The largest absolute Gasteiger partial charge is 0.460 e. The number of nitrogens with zero attached hydrogens (tertiary/aromatic N) is 4. The summed E-state index contributed by atoms with van der Waals surface area (Å²) in [5.74, 6) is 7.14. The molecule has 2 aromatic rings. The first-order valence-electron chi connectivity index (χ1n) is 12.1. The smallest absolute Gasteiger partial charge is 0.306 e. The molecule has 10 heteroatoms. The number of aromatic nitrogens is 3. The highest BCUT2D eigenvalue weighted by molar-refractivity contribution is 9.10. The van der Waals surface area contributed by atoms with Gasteiger partial charge in [0.1, 0.15) is 34.4 Å². The van der Waals surface area contributed by atoms with Crippen molar-refractivity contribution in [1.82, 2.24) is 14.8 Å². The minimum Gasteiger partial charge on any atom is -0.460 e. The summed E-state index contributed by atoms with van der Waals surface area (Å²) in [6.45, 7) is 13.4. The molecule has 0 aliphatic carbocycles. The van der Waals surface area contributed by atoms with E-state index in [-0.39, 0.29) is 12.7 Å². The molecule has 2 aromatic heterocycles. The van der Waals surface area contributed by atoms with Crippen LogP contribution in [0, 0.1) is 23.2 Å². The highest BCUT2D eigenvalue weighted by Gasteiger charge is 2.18. The molecule has 0 fully saturated rings. The van der Waals surface area contributed by atoms with Crippen LogP contribution in [0.15, 0.2) is 22.9 Å². The third-order valence-electron chi connectivity index (χ3n) is 4.83. The molecule has 0 aromatic carbocycles. The van der Waals surface area contributed by atoms with Crippen LogP contribution in [-0.4, -0.2) is 41.0 Å². The highest BCUT2D eigenvalue weighted by Crippen LogP contribution is 2.26. The second-order valence-corrected chi connectivity index (χ2v) is 17.0. The van der Waals surface area contributed by atoms with Crippen LogP contribution in [0.1, 0.15) is 57.6 Å². The molecule has 36 heavy (non-hydrogen) atoms. The standard InChI is InChI=1S/C26H36BrN5O3Si/c1-26(2,3)35-23(33)12-10-8-7-9-11-20-13-14-22(29-18-20)30-25-21(17-28)24(27)31-32(25)19-34-15-16-36(4,5)6/h13-14,18H,7-8,10,12,15-16,19H2,1-6H3,(H,29,30). The first-order chi connectivity index (χ1) is 16.9. The summed E-state index contributed by atoms with van der Waals surface area (Å²) in [7, 11) is -1.19. The van der Waals surface area contributed by atoms with E-state index < -0.39 is 13.7 Å². The molecule has 0 aliphatic heterocycles. The van der Waals surface area contributed by atoms with Crippen LogP contribution >= 0.6 is 15.9 Å². The van der Waals surface area contributed by atoms with E-state index in [1.54, 1.807) is 10.9 Å². The van der Waals surface area contributed by atoms with E-state index in [9.17, 15) is 10.1 Å². The number of anilines is 2. The molecule has 0 aliphatic rings. The van der Waals surface area contributed by atoms with Gasteiger partial charge in [-0.05, 0) is 67.7 Å². The molecular weight excluding hydrogens is 538 g/mol. The van der Waals surface area contributed by atoms with Crippen LogP contribution in [0.5, 0.6) is 0 Å². The maximum absolute atomic E-state index is 11.7. The van der Waals surface area contributed by atoms with E-state index in [1.165, 1.54) is 0 Å². The van der Waals surface area contributed by atoms with Gasteiger partial charge < -0.3 is 14.8 Å². The van der Waals surface area contributed by atoms with Gasteiger partial charge in [-0.25, -0.2) is 9.67 Å². The molecule has 0 saturated carbocycles. The van der Waals surface area contributed by atoms with Crippen molar-refractivity contribution >= 4 is 41.6 Å². The molecule has 0 bridgehead atoms. The summed E-state index contributed by atoms with van der Waals surface area (Å²) < 4.78 is 13.2. The van der Waals surface area contributed by atoms with Gasteiger partial charge >= 0.3 is 5.97 Å². The summed E-state index contributed by atoms with van der Waals surface area (Å²) in [4.78, 5) is 16.2. The van der Waals surface area contributed by atoms with Crippen LogP contribution in [-0.2, 0) is 21.0 Å². The molecule has 0 unspecified atom stereocenters. The zero-order valence-corrected chi connectivity index (χ0v) is 24.7. The average molecular weight is 575 g/mol. The molecule has 8 nitrogen and oxygen atoms in total. The lowest BCUT2D eigenvalue weighted by atomic mass is 10.1. The Bertz CT molecular complexity index is 1120. The number of nitrogens with one attached hydrogen (secondary N) is 1. The number of hydrogen-bond donors (Lipinski definition) is 1. The van der Waals surface area contributed by atoms with Gasteiger partial charge in [0, 0.05) is 39.3 Å². The molecule has 2 heterocycles. The number of rotatable bonds is 11. The number of carbonyl (C=O) groups is 1. The topological polar surface area (TPSA) is 102 Å². The molecule has 0 saturated heterocycles. The number of unbranched alkanes of at least 4 members (excludes halogenated alkanes) is 2. The van der Waals surface area contributed by atoms with Gasteiger partial charge in [-0.15, -0.1) is 0 Å². The fourth-order valence-corrected chi connectivity index (χ4v) is 4.21. The third-order valence-corrected chi connectivity index (χ3v) is 7.09. The molecule has 2 rings (SSSR count). The predicted octanol–water partition coefficient (Wildman–Crippen LogP) is 6.22. The lowest BCUT2D eigenvalue weighted by Crippen LogP contribution is -2.23. The second-order valence-electron chi connectivity index (χ2n) is 10.6. The lowest BCUT2D eigenvalue weighted by Gasteiger charge is -2.19. The zero-order chi connectivity index (χ0) is 26.8. The van der Waals surface area contributed by atoms with Gasteiger partial charge in [0.2, 0.25) is 0 Å². The minimum atomic E-state index is -1.19. The second kappa shape index (κ2) is 13.6. The molecule has 0 spiro atoms. The van der Waals surface area contributed by atoms with Crippen LogP contribution in [0.4, 0.5) is 11.6 Å². The number of hydrogen-bond acceptors (Lipinski definition) is 7. The Balaban J connectivity index is 1.90. The number of pyridine rings is 1. The quantitative estimate of drug-likeness (QED) is 0.147. The summed E-state index contributed by atoms with van der Waals surface area (Å²) in [6, 6.07) is 6.91. The normalized spacial score (nSPS) is 11.4. The third kappa shape index (κ3) is 10.9. The molecular formula is C26H36BrN5O3Si. The van der Waals surface area contributed by atoms with Crippen LogP contribution in [0.3, 0.4) is 0 Å². The van der Waals surface area contributed by atoms with Crippen molar-refractivity contribution in [2.45, 2.75) is 84.5 Å². The number of carbonyl (C=O) groups excluding carboxylic acids is 1. The van der Waals surface area contributed by atoms with Crippen LogP contribution < -0.4 is 5.32 Å². The fraction of sp³-hybridized carbons (Fsp3) is 0.538. The van der Waals surface area contributed by atoms with Gasteiger partial charge in [0.05, 0.1) is 0 Å². The Hall–Kier alpha value is -2.66. The zero-order valence-electron chi connectivity index (χ0n) is 22.1. The van der Waals surface area contributed by atoms with Crippen molar-refractivity contribution in [2.75, 3.05) is 11.9 Å². The Morgan fingerprint density at radius 3 is 2.61 bits per heavy atom. The van der Waals surface area contributed by atoms with Crippen molar-refractivity contribution in [2.24, 2.45) is 0 Å². The summed E-state index contributed by atoms with van der Waals surface area (Å²) >= 11 is 3.35. The summed E-state index contributed by atoms with van der Waals surface area (Å²) in [5, 5.41) is 17.1. The SMILES string of the molecule is CC(C)(C)OC(=O)CCCCC#Cc1ccc(Nc2c(C#N)c(Br)nn2COCC[Si](C)(C)C)nc1. The lowest BCUT2D eigenvalue weighted by molar-refractivity contribution is -0.154. The average Bonchev–Trinajstić information content (AvgIpc) is 3.06. The molecule has 0 atom stereocenters. The first kappa shape index (κ1) is 29.6. The maximum Gasteiger partial charge on any atom is 0.306 e. The van der Waals surface area contributed by atoms with Crippen molar-refractivity contribution in [3.63, 3.8) is 0 Å². The van der Waals surface area contributed by atoms with E-state index in [0.29, 0.717) is 41.3 Å². The van der Waals surface area contributed by atoms with Crippen molar-refractivity contribution in [3.05, 3.63) is 34.1 Å². The van der Waals surface area contributed by atoms with E-state index >= 15 is 0 Å². The highest BCUT2D eigenvalue weighted by atomic mass is 79.9. The van der Waals surface area contributed by atoms with Gasteiger partial charge in [-0.1, -0.05) is 31.5 Å². The molecule has 0 radical (unpaired) electrons. The Morgan fingerprint density at radius 1 is 1.25 bits per heavy atom. The van der Waals surface area contributed by atoms with Crippen LogP contribution in [0.25, 0.3) is 0 Å². The van der Waals surface area contributed by atoms with Crippen molar-refractivity contribution < 1.29 is 14.3 Å². The van der Waals surface area contributed by atoms with E-state index in [0.717, 1.165) is 24.4 Å².